The molecule has 2 atom stereocenters. The van der Waals surface area contributed by atoms with E-state index >= 15 is 4.39 Å². The van der Waals surface area contributed by atoms with E-state index in [9.17, 15) is 13.2 Å². The first-order chi connectivity index (χ1) is 18.5. The van der Waals surface area contributed by atoms with Crippen molar-refractivity contribution in [3.63, 3.8) is 0 Å². The normalized spacial score (nSPS) is 20.5. The van der Waals surface area contributed by atoms with Gasteiger partial charge >= 0.3 is 0 Å². The molecule has 0 unspecified atom stereocenters. The van der Waals surface area contributed by atoms with Gasteiger partial charge in [-0.25, -0.2) is 17.8 Å². The molecule has 1 aromatic heterocycles. The van der Waals surface area contributed by atoms with E-state index in [1.54, 1.807) is 0 Å². The lowest BCUT2D eigenvalue weighted by Crippen LogP contribution is -2.43. The zero-order chi connectivity index (χ0) is 28.2. The highest BCUT2D eigenvalue weighted by molar-refractivity contribution is 7.90. The Kier molecular flexibility index (Phi) is 9.47. The molecule has 0 spiro atoms. The van der Waals surface area contributed by atoms with E-state index < -0.39 is 21.6 Å². The van der Waals surface area contributed by atoms with E-state index in [1.807, 2.05) is 7.05 Å². The molecule has 4 rings (SSSR count). The van der Waals surface area contributed by atoms with E-state index in [0.29, 0.717) is 5.82 Å². The van der Waals surface area contributed by atoms with Crippen LogP contribution in [0.5, 0.6) is 5.75 Å². The number of amides is 1. The summed E-state index contributed by atoms with van der Waals surface area (Å²) in [6.07, 6.45) is 6.75. The number of aromatic nitrogens is 2. The average Bonchev–Trinajstić information content (AvgIpc) is 3.33. The first-order valence-electron chi connectivity index (χ1n) is 12.9. The summed E-state index contributed by atoms with van der Waals surface area (Å²) in [6, 6.07) is 2.38. The van der Waals surface area contributed by atoms with Crippen LogP contribution in [0.3, 0.4) is 0 Å². The van der Waals surface area contributed by atoms with Crippen molar-refractivity contribution in [3.05, 3.63) is 34.7 Å². The fraction of sp³-hybridized carbons (Fsp3) is 0.560. The number of halogens is 2. The van der Waals surface area contributed by atoms with Crippen LogP contribution in [0.4, 0.5) is 21.8 Å². The maximum atomic E-state index is 15.1. The molecule has 2 aromatic rings. The molecule has 11 nitrogen and oxygen atoms in total. The molecule has 39 heavy (non-hydrogen) atoms. The molecule has 1 amide bonds. The highest BCUT2D eigenvalue weighted by Gasteiger charge is 2.29. The molecule has 0 radical (unpaired) electrons. The standard InChI is InChI=1S/C25H35ClFN7O4S/c1-34-9-7-15(8-10-34)30-24(35)16-11-22(38-2)21(12-18(16)27)32-25-28-13-17(26)23(33-25)31-20-6-4-5-19(20)29-14-39(3,36)37/h11-13,15,19-20,29H,4-10,14H2,1-3H3,(H,30,35)(H2,28,31,32,33)/t19-,20-/m1/s1. The zero-order valence-corrected chi connectivity index (χ0v) is 23.8. The minimum Gasteiger partial charge on any atom is -0.495 e. The topological polar surface area (TPSA) is 138 Å². The summed E-state index contributed by atoms with van der Waals surface area (Å²) < 4.78 is 43.6. The summed E-state index contributed by atoms with van der Waals surface area (Å²) in [5.74, 6) is -0.558. The van der Waals surface area contributed by atoms with Gasteiger partial charge in [0.15, 0.2) is 15.7 Å². The number of nitrogens with one attached hydrogen (secondary N) is 4. The van der Waals surface area contributed by atoms with Crippen LogP contribution in [0.25, 0.3) is 0 Å². The third-order valence-corrected chi connectivity index (χ3v) is 7.99. The van der Waals surface area contributed by atoms with Crippen LogP contribution >= 0.6 is 11.6 Å². The summed E-state index contributed by atoms with van der Waals surface area (Å²) in [5, 5.41) is 12.5. The van der Waals surface area contributed by atoms with Gasteiger partial charge in [-0.05, 0) is 58.3 Å². The van der Waals surface area contributed by atoms with Gasteiger partial charge < -0.3 is 25.6 Å². The zero-order valence-electron chi connectivity index (χ0n) is 22.3. The van der Waals surface area contributed by atoms with Crippen molar-refractivity contribution in [1.82, 2.24) is 25.5 Å². The summed E-state index contributed by atoms with van der Waals surface area (Å²) in [7, 11) is 0.302. The number of rotatable bonds is 10. The predicted molar refractivity (Wildman–Crippen MR) is 149 cm³/mol. The molecule has 1 saturated heterocycles. The van der Waals surface area contributed by atoms with Crippen LogP contribution in [0, 0.1) is 5.82 Å². The number of hydrogen-bond acceptors (Lipinski definition) is 10. The van der Waals surface area contributed by atoms with Crippen LogP contribution in [-0.4, -0.2) is 86.7 Å². The van der Waals surface area contributed by atoms with Crippen molar-refractivity contribution >= 4 is 44.8 Å². The molecule has 0 bridgehead atoms. The van der Waals surface area contributed by atoms with Crippen LogP contribution < -0.4 is 26.0 Å². The van der Waals surface area contributed by atoms with Crippen LogP contribution in [-0.2, 0) is 9.84 Å². The van der Waals surface area contributed by atoms with Gasteiger partial charge in [-0.2, -0.15) is 4.98 Å². The summed E-state index contributed by atoms with van der Waals surface area (Å²) in [6.45, 7) is 1.74. The lowest BCUT2D eigenvalue weighted by molar-refractivity contribution is 0.0912. The van der Waals surface area contributed by atoms with Gasteiger partial charge in [0.2, 0.25) is 5.95 Å². The number of likely N-dealkylation sites (tertiary alicyclic amines) is 1. The second-order valence-electron chi connectivity index (χ2n) is 10.2. The van der Waals surface area contributed by atoms with Crippen molar-refractivity contribution in [1.29, 1.82) is 0 Å². The molecule has 1 aromatic carbocycles. The maximum Gasteiger partial charge on any atom is 0.254 e. The molecule has 2 fully saturated rings. The maximum absolute atomic E-state index is 15.1. The van der Waals surface area contributed by atoms with E-state index in [2.05, 4.69) is 36.1 Å². The van der Waals surface area contributed by atoms with Crippen molar-refractivity contribution < 1.29 is 22.3 Å². The number of carbonyl (C=O) groups excluding carboxylic acids is 1. The molecule has 2 aliphatic rings. The number of anilines is 3. The lowest BCUT2D eigenvalue weighted by atomic mass is 10.0. The Labute approximate surface area is 233 Å². The van der Waals surface area contributed by atoms with Gasteiger partial charge in [-0.3, -0.25) is 10.1 Å². The Morgan fingerprint density at radius 1 is 1.21 bits per heavy atom. The van der Waals surface area contributed by atoms with Gasteiger partial charge in [-0.1, -0.05) is 11.6 Å². The summed E-state index contributed by atoms with van der Waals surface area (Å²) in [5.41, 5.74) is 0.136. The Morgan fingerprint density at radius 3 is 2.62 bits per heavy atom. The van der Waals surface area contributed by atoms with Crippen LogP contribution in [0.2, 0.25) is 5.02 Å². The van der Waals surface area contributed by atoms with Crippen molar-refractivity contribution in [2.24, 2.45) is 0 Å². The molecular formula is C25H35ClFN7O4S. The number of hydrogen-bond donors (Lipinski definition) is 4. The molecule has 214 valence electrons. The fourth-order valence-corrected chi connectivity index (χ4v) is 5.53. The molecule has 2 heterocycles. The van der Waals surface area contributed by atoms with Gasteiger partial charge in [0.1, 0.15) is 16.6 Å². The number of ether oxygens (including phenoxy) is 1. The molecule has 1 aliphatic carbocycles. The van der Waals surface area contributed by atoms with Crippen LogP contribution in [0.1, 0.15) is 42.5 Å². The second kappa shape index (κ2) is 12.6. The largest absolute Gasteiger partial charge is 0.495 e. The van der Waals surface area contributed by atoms with Gasteiger partial charge in [0, 0.05) is 30.4 Å². The van der Waals surface area contributed by atoms with Gasteiger partial charge in [0.25, 0.3) is 5.91 Å². The second-order valence-corrected chi connectivity index (χ2v) is 12.7. The minimum atomic E-state index is -3.16. The molecule has 1 aliphatic heterocycles. The van der Waals surface area contributed by atoms with E-state index in [1.165, 1.54) is 31.7 Å². The Bertz CT molecular complexity index is 1290. The first-order valence-corrected chi connectivity index (χ1v) is 15.3. The number of piperidine rings is 1. The third kappa shape index (κ3) is 7.90. The molecule has 1 saturated carbocycles. The number of carbonyl (C=O) groups is 1. The average molecular weight is 584 g/mol. The predicted octanol–water partition coefficient (Wildman–Crippen LogP) is 2.77. The monoisotopic (exact) mass is 583 g/mol. The van der Waals surface area contributed by atoms with E-state index in [4.69, 9.17) is 16.3 Å². The summed E-state index contributed by atoms with van der Waals surface area (Å²) in [4.78, 5) is 23.6. The Balaban J connectivity index is 1.46. The summed E-state index contributed by atoms with van der Waals surface area (Å²) >= 11 is 6.34. The van der Waals surface area contributed by atoms with Crippen molar-refractivity contribution in [3.8, 4) is 5.75 Å². The smallest absolute Gasteiger partial charge is 0.254 e. The number of benzene rings is 1. The van der Waals surface area contributed by atoms with E-state index in [-0.39, 0.29) is 52.0 Å². The quantitative estimate of drug-likeness (QED) is 0.330. The van der Waals surface area contributed by atoms with Crippen molar-refractivity contribution in [2.45, 2.75) is 50.2 Å². The number of methoxy groups -OCH3 is 1. The lowest BCUT2D eigenvalue weighted by Gasteiger charge is -2.29. The fourth-order valence-electron chi connectivity index (χ4n) is 4.87. The number of sulfone groups is 1. The molecule has 4 N–H and O–H groups in total. The highest BCUT2D eigenvalue weighted by Crippen LogP contribution is 2.32. The molecule has 14 heteroatoms. The Morgan fingerprint density at radius 2 is 1.92 bits per heavy atom. The van der Waals surface area contributed by atoms with Crippen LogP contribution in [0.15, 0.2) is 18.3 Å². The van der Waals surface area contributed by atoms with E-state index in [0.717, 1.165) is 45.2 Å². The minimum absolute atomic E-state index is 0.00803. The van der Waals surface area contributed by atoms with Gasteiger partial charge in [0.05, 0.1) is 30.4 Å². The van der Waals surface area contributed by atoms with Crippen molar-refractivity contribution in [2.75, 3.05) is 50.0 Å². The highest BCUT2D eigenvalue weighted by atomic mass is 35.5. The first kappa shape index (κ1) is 29.2. The molecular weight excluding hydrogens is 549 g/mol. The third-order valence-electron chi connectivity index (χ3n) is 7.02. The Hall–Kier alpha value is -2.74. The number of nitrogens with zero attached hydrogens (tertiary/aromatic N) is 3. The van der Waals surface area contributed by atoms with Gasteiger partial charge in [-0.15, -0.1) is 0 Å². The SMILES string of the molecule is COc1cc(C(=O)NC2CCN(C)CC2)c(F)cc1Nc1ncc(Cl)c(N[C@@H]2CCC[C@H]2NCS(C)(=O)=O)n1.